The van der Waals surface area contributed by atoms with Gasteiger partial charge in [-0.1, -0.05) is 25.4 Å². The Labute approximate surface area is 114 Å². The van der Waals surface area contributed by atoms with Crippen molar-refractivity contribution in [2.45, 2.75) is 20.8 Å². The Hall–Kier alpha value is -1.06. The van der Waals surface area contributed by atoms with Gasteiger partial charge in [-0.05, 0) is 38.2 Å². The predicted molar refractivity (Wildman–Crippen MR) is 74.7 cm³/mol. The van der Waals surface area contributed by atoms with Crippen LogP contribution in [0.5, 0.6) is 5.75 Å². The molecule has 0 aromatic heterocycles. The van der Waals surface area contributed by atoms with Gasteiger partial charge in [0.25, 0.3) is 0 Å². The first-order valence-electron chi connectivity index (χ1n) is 6.24. The van der Waals surface area contributed by atoms with E-state index >= 15 is 0 Å². The second-order valence-electron chi connectivity index (χ2n) is 4.07. The van der Waals surface area contributed by atoms with Crippen molar-refractivity contribution in [2.24, 2.45) is 0 Å². The van der Waals surface area contributed by atoms with Crippen LogP contribution < -0.4 is 4.74 Å². The highest BCUT2D eigenvalue weighted by atomic mass is 35.5. The van der Waals surface area contributed by atoms with Gasteiger partial charge in [-0.3, -0.25) is 4.79 Å². The molecule has 0 fully saturated rings. The maximum Gasteiger partial charge on any atom is 0.161 e. The minimum Gasteiger partial charge on any atom is -0.492 e. The first-order valence-corrected chi connectivity index (χ1v) is 6.61. The molecule has 0 saturated heterocycles. The monoisotopic (exact) mass is 269 g/mol. The van der Waals surface area contributed by atoms with Crippen molar-refractivity contribution in [3.05, 3.63) is 28.8 Å². The number of carbonyl (C=O) groups is 1. The molecule has 0 amide bonds. The highest BCUT2D eigenvalue weighted by Crippen LogP contribution is 2.22. The van der Waals surface area contributed by atoms with E-state index in [2.05, 4.69) is 18.7 Å². The quantitative estimate of drug-likeness (QED) is 0.712. The number of ketones is 1. The number of carbonyl (C=O) groups excluding carboxylic acids is 1. The molecule has 0 spiro atoms. The molecule has 0 N–H and O–H groups in total. The lowest BCUT2D eigenvalue weighted by atomic mass is 10.1. The Morgan fingerprint density at radius 1 is 1.33 bits per heavy atom. The zero-order valence-corrected chi connectivity index (χ0v) is 12.0. The van der Waals surface area contributed by atoms with Crippen molar-refractivity contribution >= 4 is 17.4 Å². The van der Waals surface area contributed by atoms with Gasteiger partial charge < -0.3 is 9.64 Å². The van der Waals surface area contributed by atoms with Crippen LogP contribution in [-0.2, 0) is 0 Å². The van der Waals surface area contributed by atoms with Gasteiger partial charge in [0.05, 0.1) is 5.02 Å². The fourth-order valence-corrected chi connectivity index (χ4v) is 2.01. The highest BCUT2D eigenvalue weighted by molar-refractivity contribution is 6.34. The highest BCUT2D eigenvalue weighted by Gasteiger charge is 2.07. The van der Waals surface area contributed by atoms with Crippen LogP contribution in [0, 0.1) is 0 Å². The average Bonchev–Trinajstić information content (AvgIpc) is 2.34. The van der Waals surface area contributed by atoms with Crippen LogP contribution >= 0.6 is 11.6 Å². The topological polar surface area (TPSA) is 29.5 Å². The normalized spacial score (nSPS) is 10.7. The second-order valence-corrected chi connectivity index (χ2v) is 4.48. The molecule has 0 aliphatic carbocycles. The molecule has 1 aromatic carbocycles. The number of ether oxygens (including phenoxy) is 1. The van der Waals surface area contributed by atoms with E-state index in [-0.39, 0.29) is 5.78 Å². The molecule has 18 heavy (non-hydrogen) atoms. The van der Waals surface area contributed by atoms with Gasteiger partial charge >= 0.3 is 0 Å². The number of rotatable bonds is 7. The van der Waals surface area contributed by atoms with Crippen LogP contribution in [0.4, 0.5) is 0 Å². The summed E-state index contributed by atoms with van der Waals surface area (Å²) < 4.78 is 5.62. The molecule has 0 aliphatic heterocycles. The van der Waals surface area contributed by atoms with Crippen LogP contribution in [0.3, 0.4) is 0 Å². The molecule has 0 unspecified atom stereocenters. The van der Waals surface area contributed by atoms with Gasteiger partial charge in [-0.15, -0.1) is 0 Å². The standard InChI is InChI=1S/C14H20ClNO2/c1-4-16(5-2)8-9-18-12-6-7-13(11(3)17)14(15)10-12/h6-7,10H,4-5,8-9H2,1-3H3. The number of nitrogens with zero attached hydrogens (tertiary/aromatic N) is 1. The Morgan fingerprint density at radius 3 is 2.50 bits per heavy atom. The van der Waals surface area contributed by atoms with Crippen molar-refractivity contribution in [1.29, 1.82) is 0 Å². The lowest BCUT2D eigenvalue weighted by Gasteiger charge is -2.18. The minimum atomic E-state index is -0.0327. The van der Waals surface area contributed by atoms with Crippen LogP contribution in [-0.4, -0.2) is 36.9 Å². The maximum atomic E-state index is 11.2. The van der Waals surface area contributed by atoms with Crippen molar-refractivity contribution in [2.75, 3.05) is 26.2 Å². The summed E-state index contributed by atoms with van der Waals surface area (Å²) in [6, 6.07) is 5.18. The van der Waals surface area contributed by atoms with E-state index in [1.54, 1.807) is 18.2 Å². The van der Waals surface area contributed by atoms with Gasteiger partial charge in [-0.25, -0.2) is 0 Å². The Morgan fingerprint density at radius 2 is 2.00 bits per heavy atom. The second kappa shape index (κ2) is 7.39. The third kappa shape index (κ3) is 4.31. The molecule has 1 aromatic rings. The Balaban J connectivity index is 2.53. The number of Topliss-reactive ketones (excluding diaryl/α,β-unsaturated/α-hetero) is 1. The van der Waals surface area contributed by atoms with Gasteiger partial charge in [-0.2, -0.15) is 0 Å². The number of halogens is 1. The zero-order chi connectivity index (χ0) is 13.5. The Kier molecular flexibility index (Phi) is 6.16. The average molecular weight is 270 g/mol. The van der Waals surface area contributed by atoms with E-state index in [0.29, 0.717) is 22.9 Å². The summed E-state index contributed by atoms with van der Waals surface area (Å²) in [6.07, 6.45) is 0. The smallest absolute Gasteiger partial charge is 0.161 e. The Bertz CT molecular complexity index is 403. The number of benzene rings is 1. The molecule has 0 aliphatic rings. The molecule has 0 radical (unpaired) electrons. The van der Waals surface area contributed by atoms with E-state index in [9.17, 15) is 4.79 Å². The van der Waals surface area contributed by atoms with Gasteiger partial charge in [0.15, 0.2) is 5.78 Å². The minimum absolute atomic E-state index is 0.0327. The fraction of sp³-hybridized carbons (Fsp3) is 0.500. The van der Waals surface area contributed by atoms with Crippen molar-refractivity contribution in [3.63, 3.8) is 0 Å². The molecular formula is C14H20ClNO2. The molecule has 4 heteroatoms. The van der Waals surface area contributed by atoms with Crippen molar-refractivity contribution in [3.8, 4) is 5.75 Å². The summed E-state index contributed by atoms with van der Waals surface area (Å²) in [5, 5.41) is 0.447. The van der Waals surface area contributed by atoms with E-state index in [1.807, 2.05) is 0 Å². The van der Waals surface area contributed by atoms with Crippen molar-refractivity contribution in [1.82, 2.24) is 4.90 Å². The fourth-order valence-electron chi connectivity index (χ4n) is 1.70. The summed E-state index contributed by atoms with van der Waals surface area (Å²) in [5.41, 5.74) is 0.535. The maximum absolute atomic E-state index is 11.2. The van der Waals surface area contributed by atoms with Crippen LogP contribution in [0.15, 0.2) is 18.2 Å². The lowest BCUT2D eigenvalue weighted by molar-refractivity contribution is 0.101. The van der Waals surface area contributed by atoms with E-state index in [1.165, 1.54) is 6.92 Å². The lowest BCUT2D eigenvalue weighted by Crippen LogP contribution is -2.27. The SMILES string of the molecule is CCN(CC)CCOc1ccc(C(C)=O)c(Cl)c1. The van der Waals surface area contributed by atoms with E-state index in [4.69, 9.17) is 16.3 Å². The van der Waals surface area contributed by atoms with Crippen molar-refractivity contribution < 1.29 is 9.53 Å². The molecular weight excluding hydrogens is 250 g/mol. The van der Waals surface area contributed by atoms with E-state index < -0.39 is 0 Å². The predicted octanol–water partition coefficient (Wildman–Crippen LogP) is 3.26. The molecule has 100 valence electrons. The summed E-state index contributed by atoms with van der Waals surface area (Å²) in [4.78, 5) is 13.5. The number of hydrogen-bond acceptors (Lipinski definition) is 3. The summed E-state index contributed by atoms with van der Waals surface area (Å²) in [7, 11) is 0. The molecule has 1 rings (SSSR count). The number of likely N-dealkylation sites (N-methyl/N-ethyl adjacent to an activating group) is 1. The first kappa shape index (κ1) is 15.0. The molecule has 3 nitrogen and oxygen atoms in total. The summed E-state index contributed by atoms with van der Waals surface area (Å²) >= 11 is 6.01. The van der Waals surface area contributed by atoms with Crippen LogP contribution in [0.1, 0.15) is 31.1 Å². The van der Waals surface area contributed by atoms with Gasteiger partial charge in [0, 0.05) is 12.1 Å². The third-order valence-electron chi connectivity index (χ3n) is 2.89. The van der Waals surface area contributed by atoms with Crippen LogP contribution in [0.2, 0.25) is 5.02 Å². The first-order chi connectivity index (χ1) is 8.58. The van der Waals surface area contributed by atoms with Gasteiger partial charge in [0.1, 0.15) is 12.4 Å². The molecule has 0 atom stereocenters. The zero-order valence-electron chi connectivity index (χ0n) is 11.2. The molecule has 0 saturated carbocycles. The third-order valence-corrected chi connectivity index (χ3v) is 3.20. The van der Waals surface area contributed by atoms with Gasteiger partial charge in [0.2, 0.25) is 0 Å². The van der Waals surface area contributed by atoms with E-state index in [0.717, 1.165) is 19.6 Å². The molecule has 0 heterocycles. The molecule has 0 bridgehead atoms. The summed E-state index contributed by atoms with van der Waals surface area (Å²) in [6.45, 7) is 9.30. The summed E-state index contributed by atoms with van der Waals surface area (Å²) in [5.74, 6) is 0.673. The van der Waals surface area contributed by atoms with Crippen LogP contribution in [0.25, 0.3) is 0 Å². The number of hydrogen-bond donors (Lipinski definition) is 0. The largest absolute Gasteiger partial charge is 0.492 e.